The Labute approximate surface area is 409 Å². The van der Waals surface area contributed by atoms with E-state index in [9.17, 15) is 42.0 Å². The number of ether oxygens (including phenoxy) is 3. The molecule has 4 amide bonds. The molecule has 0 spiro atoms. The van der Waals surface area contributed by atoms with Crippen molar-refractivity contribution in [2.24, 2.45) is 23.0 Å². The number of carbonyl (C=O) groups is 7. The van der Waals surface area contributed by atoms with Gasteiger partial charge in [-0.2, -0.15) is 0 Å². The van der Waals surface area contributed by atoms with Gasteiger partial charge in [-0.1, -0.05) is 55.2 Å². The van der Waals surface area contributed by atoms with Crippen LogP contribution in [0.1, 0.15) is 108 Å². The van der Waals surface area contributed by atoms with Gasteiger partial charge in [0.15, 0.2) is 17.3 Å². The Morgan fingerprint density at radius 1 is 0.871 bits per heavy atom. The summed E-state index contributed by atoms with van der Waals surface area (Å²) < 4.78 is 40.9. The van der Waals surface area contributed by atoms with Crippen molar-refractivity contribution >= 4 is 51.0 Å². The summed E-state index contributed by atoms with van der Waals surface area (Å²) in [6, 6.07) is 5.41. The summed E-state index contributed by atoms with van der Waals surface area (Å²) in [5.41, 5.74) is 7.02. The molecule has 2 heterocycles. The molecule has 0 saturated heterocycles. The summed E-state index contributed by atoms with van der Waals surface area (Å²) in [6.07, 6.45) is 7.59. The number of sulfone groups is 1. The number of hydrogen-bond acceptors (Lipinski definition) is 16. The maximum atomic E-state index is 13.6. The van der Waals surface area contributed by atoms with E-state index >= 15 is 0 Å². The van der Waals surface area contributed by atoms with Crippen LogP contribution in [0, 0.1) is 29.1 Å². The molecule has 0 aliphatic carbocycles. The second kappa shape index (κ2) is 29.6. The van der Waals surface area contributed by atoms with E-state index in [-0.39, 0.29) is 105 Å². The Balaban J connectivity index is 1.32. The number of Topliss-reactive ketones (excluding diaryl/α,β-unsaturated/α-hetero) is 3. The maximum Gasteiger partial charge on any atom is 0.312 e. The van der Waals surface area contributed by atoms with Crippen molar-refractivity contribution in [2.45, 2.75) is 123 Å². The topological polar surface area (TPSA) is 300 Å². The second-order valence-electron chi connectivity index (χ2n) is 18.1. The smallest absolute Gasteiger partial charge is 0.312 e. The van der Waals surface area contributed by atoms with Crippen LogP contribution in [-0.2, 0) is 78.9 Å². The van der Waals surface area contributed by atoms with E-state index in [0.29, 0.717) is 62.3 Å². The number of aromatic nitrogens is 5. The number of carbonyl (C=O) groups excluding carboxylic acids is 7. The number of primary amides is 1. The first-order valence-corrected chi connectivity index (χ1v) is 25.0. The van der Waals surface area contributed by atoms with Gasteiger partial charge in [-0.25, -0.2) is 27.9 Å². The Hall–Kier alpha value is -6.44. The van der Waals surface area contributed by atoms with Crippen molar-refractivity contribution in [3.8, 4) is 11.8 Å². The molecule has 0 unspecified atom stereocenters. The standard InChI is InChI=1S/C48H67N9O12S/c1-33(2)40(44(62)54-41(14-10-20-50-46(49)64)42(60)24-34-16-18-35(19-17-34)30-69-45(63)48(3,4)5)25-39(59)32-68-31-38(58)13-11-22-67-23-21-57-29-37(55-56-57)28-51-43(61)15-9-7-8-12-36-26-52-47(53-27-36)70(6,65)66/h16-19,26-27,29,33,40-41H,7,9-11,13-15,20-25,28,30-32H2,1-6H3,(H,51,61)(H,54,62)(H3,49,50,64)/t40-,41-/m0/s1. The fourth-order valence-electron chi connectivity index (χ4n) is 6.35. The number of urea groups is 1. The average molecular weight is 994 g/mol. The molecule has 0 saturated carbocycles. The highest BCUT2D eigenvalue weighted by Gasteiger charge is 2.29. The van der Waals surface area contributed by atoms with Crippen LogP contribution in [-0.4, -0.2) is 120 Å². The molecule has 21 nitrogen and oxygen atoms in total. The summed E-state index contributed by atoms with van der Waals surface area (Å²) in [5.74, 6) is 2.86. The van der Waals surface area contributed by atoms with E-state index in [1.165, 1.54) is 12.4 Å². The molecule has 0 bridgehead atoms. The van der Waals surface area contributed by atoms with Gasteiger partial charge < -0.3 is 35.9 Å². The molecular formula is C48H67N9O12S. The molecule has 3 aromatic rings. The van der Waals surface area contributed by atoms with Crippen LogP contribution in [0.15, 0.2) is 48.0 Å². The highest BCUT2D eigenvalue weighted by Crippen LogP contribution is 2.19. The average Bonchev–Trinajstić information content (AvgIpc) is 3.76. The minimum Gasteiger partial charge on any atom is -0.460 e. The lowest BCUT2D eigenvalue weighted by Gasteiger charge is -2.24. The summed E-state index contributed by atoms with van der Waals surface area (Å²) in [7, 11) is -3.49. The molecule has 0 aliphatic rings. The van der Waals surface area contributed by atoms with Crippen LogP contribution in [0.5, 0.6) is 0 Å². The van der Waals surface area contributed by atoms with Crippen LogP contribution >= 0.6 is 0 Å². The molecule has 0 fully saturated rings. The molecule has 70 heavy (non-hydrogen) atoms. The lowest BCUT2D eigenvalue weighted by molar-refractivity contribution is -0.154. The Morgan fingerprint density at radius 2 is 1.56 bits per heavy atom. The predicted octanol–water partition coefficient (Wildman–Crippen LogP) is 2.76. The molecule has 0 aliphatic heterocycles. The van der Waals surface area contributed by atoms with Gasteiger partial charge >= 0.3 is 12.0 Å². The molecule has 0 radical (unpaired) electrons. The fourth-order valence-corrected chi connectivity index (χ4v) is 6.84. The number of nitrogens with two attached hydrogens (primary N) is 1. The quantitative estimate of drug-likeness (QED) is 0.0312. The number of esters is 1. The normalized spacial score (nSPS) is 12.3. The third-order valence-electron chi connectivity index (χ3n) is 10.3. The highest BCUT2D eigenvalue weighted by atomic mass is 32.2. The van der Waals surface area contributed by atoms with Crippen molar-refractivity contribution in [1.82, 2.24) is 40.9 Å². The Bertz CT molecular complexity index is 2390. The number of rotatable bonds is 31. The van der Waals surface area contributed by atoms with Crippen LogP contribution in [0.2, 0.25) is 0 Å². The molecule has 22 heteroatoms. The van der Waals surface area contributed by atoms with E-state index in [0.717, 1.165) is 11.8 Å². The van der Waals surface area contributed by atoms with Gasteiger partial charge in [-0.3, -0.25) is 28.8 Å². The van der Waals surface area contributed by atoms with Gasteiger partial charge in [0.05, 0.1) is 42.9 Å². The van der Waals surface area contributed by atoms with Crippen LogP contribution in [0.25, 0.3) is 0 Å². The number of benzene rings is 1. The monoisotopic (exact) mass is 993 g/mol. The zero-order valence-corrected chi connectivity index (χ0v) is 41.7. The zero-order valence-electron chi connectivity index (χ0n) is 40.9. The second-order valence-corrected chi connectivity index (χ2v) is 20.0. The molecule has 1 aromatic carbocycles. The first-order chi connectivity index (χ1) is 33.1. The fraction of sp³-hybridized carbons (Fsp3) is 0.562. The Kier molecular flexibility index (Phi) is 24.4. The molecule has 5 N–H and O–H groups in total. The maximum absolute atomic E-state index is 13.6. The van der Waals surface area contributed by atoms with E-state index in [1.54, 1.807) is 69.8 Å². The summed E-state index contributed by atoms with van der Waals surface area (Å²) in [4.78, 5) is 95.7. The molecule has 2 atom stereocenters. The number of nitrogens with zero attached hydrogens (tertiary/aromatic N) is 5. The third-order valence-corrected chi connectivity index (χ3v) is 11.2. The number of unbranched alkanes of at least 4 members (excludes halogenated alkanes) is 1. The number of nitrogens with one attached hydrogen (secondary N) is 3. The highest BCUT2D eigenvalue weighted by molar-refractivity contribution is 7.90. The van der Waals surface area contributed by atoms with Crippen LogP contribution in [0.4, 0.5) is 4.79 Å². The van der Waals surface area contributed by atoms with Crippen molar-refractivity contribution in [3.63, 3.8) is 0 Å². The van der Waals surface area contributed by atoms with E-state index in [2.05, 4.69) is 48.1 Å². The predicted molar refractivity (Wildman–Crippen MR) is 255 cm³/mol. The van der Waals surface area contributed by atoms with Crippen molar-refractivity contribution in [2.75, 3.05) is 39.2 Å². The van der Waals surface area contributed by atoms with Gasteiger partial charge in [0.2, 0.25) is 26.8 Å². The molecular weight excluding hydrogens is 927 g/mol. The first-order valence-electron chi connectivity index (χ1n) is 23.1. The minimum absolute atomic E-state index is 0.000425. The van der Waals surface area contributed by atoms with Crippen molar-refractivity contribution in [3.05, 3.63) is 65.2 Å². The number of hydrogen-bond donors (Lipinski definition) is 4. The van der Waals surface area contributed by atoms with Crippen molar-refractivity contribution < 1.29 is 56.2 Å². The zero-order chi connectivity index (χ0) is 51.7. The van der Waals surface area contributed by atoms with E-state index in [4.69, 9.17) is 19.9 Å². The summed E-state index contributed by atoms with van der Waals surface area (Å²) in [5, 5.41) is 15.9. The molecule has 382 valence electrons. The summed E-state index contributed by atoms with van der Waals surface area (Å²) >= 11 is 0. The van der Waals surface area contributed by atoms with E-state index in [1.807, 2.05) is 0 Å². The van der Waals surface area contributed by atoms with Gasteiger partial charge in [-0.15, -0.1) is 5.10 Å². The first kappa shape index (κ1) is 57.9. The number of ketones is 3. The SMILES string of the molecule is CC(C)[C@H](CC(=O)COCC(=O)CCCOCCn1cc(CNC(=O)CCCC#Cc2cnc(S(C)(=O)=O)nc2)nn1)C(=O)N[C@@H](CCCNC(N)=O)C(=O)Cc1ccc(COC(=O)C(C)(C)C)cc1. The minimum atomic E-state index is -3.49. The third kappa shape index (κ3) is 23.2. The summed E-state index contributed by atoms with van der Waals surface area (Å²) in [6.45, 7) is 9.72. The van der Waals surface area contributed by atoms with Crippen LogP contribution < -0.4 is 21.7 Å². The molecule has 2 aromatic heterocycles. The van der Waals surface area contributed by atoms with Gasteiger partial charge in [0.1, 0.15) is 25.5 Å². The molecule has 3 rings (SSSR count). The van der Waals surface area contributed by atoms with E-state index < -0.39 is 39.2 Å². The van der Waals surface area contributed by atoms with Gasteiger partial charge in [0, 0.05) is 69.8 Å². The van der Waals surface area contributed by atoms with Gasteiger partial charge in [-0.05, 0) is 63.5 Å². The number of amides is 4. The lowest BCUT2D eigenvalue weighted by Crippen LogP contribution is -2.46. The van der Waals surface area contributed by atoms with Crippen LogP contribution in [0.3, 0.4) is 0 Å². The van der Waals surface area contributed by atoms with Crippen molar-refractivity contribution in [1.29, 1.82) is 0 Å². The Morgan fingerprint density at radius 3 is 2.21 bits per heavy atom. The van der Waals surface area contributed by atoms with Gasteiger partial charge in [0.25, 0.3) is 0 Å². The largest absolute Gasteiger partial charge is 0.460 e. The lowest BCUT2D eigenvalue weighted by atomic mass is 9.89.